The average Bonchev–Trinajstić information content (AvgIpc) is 3.05. The van der Waals surface area contributed by atoms with Gasteiger partial charge in [-0.15, -0.1) is 0 Å². The van der Waals surface area contributed by atoms with E-state index in [0.717, 1.165) is 38.8 Å². The zero-order chi connectivity index (χ0) is 21.8. The number of rotatable bonds is 2. The van der Waals surface area contributed by atoms with E-state index in [9.17, 15) is 0 Å². The van der Waals surface area contributed by atoms with Crippen LogP contribution in [0, 0.1) is 13.8 Å². The summed E-state index contributed by atoms with van der Waals surface area (Å²) < 4.78 is 29.0. The van der Waals surface area contributed by atoms with E-state index in [0.29, 0.717) is 11.3 Å². The number of para-hydroxylation sites is 2. The van der Waals surface area contributed by atoms with E-state index >= 15 is 0 Å². The van der Waals surface area contributed by atoms with Crippen molar-refractivity contribution >= 4 is 21.8 Å². The summed E-state index contributed by atoms with van der Waals surface area (Å²) in [6.07, 6.45) is 3.47. The second-order valence-electron chi connectivity index (χ2n) is 7.11. The highest BCUT2D eigenvalue weighted by molar-refractivity contribution is 5.87. The van der Waals surface area contributed by atoms with Gasteiger partial charge in [0, 0.05) is 21.9 Å². The molecule has 0 radical (unpaired) electrons. The summed E-state index contributed by atoms with van der Waals surface area (Å²) in [5.41, 5.74) is 5.14. The predicted octanol–water partition coefficient (Wildman–Crippen LogP) is 5.29. The minimum Gasteiger partial charge on any atom is -0.264 e. The van der Waals surface area contributed by atoms with Gasteiger partial charge in [0.2, 0.25) is 0 Å². The number of pyridine rings is 1. The van der Waals surface area contributed by atoms with Crippen molar-refractivity contribution in [2.75, 3.05) is 0 Å². The molecule has 0 aliphatic heterocycles. The van der Waals surface area contributed by atoms with Crippen LogP contribution in [0.4, 0.5) is 0 Å². The van der Waals surface area contributed by atoms with Crippen molar-refractivity contribution in [3.05, 3.63) is 90.3 Å². The van der Waals surface area contributed by atoms with E-state index in [1.54, 1.807) is 18.5 Å². The molecule has 0 unspecified atom stereocenters. The fourth-order valence-corrected chi connectivity index (χ4v) is 3.99. The van der Waals surface area contributed by atoms with E-state index < -0.39 is 6.85 Å². The Hall–Kier alpha value is -3.46. The summed E-state index contributed by atoms with van der Waals surface area (Å²) in [7, 11) is 2.03. The molecule has 3 nitrogen and oxygen atoms in total. The number of nitrogens with zero attached hydrogens (tertiary/aromatic N) is 3. The SMILES string of the molecule is [2H]C([2H])([2H])c1cc2ccncc2cc1-n1c(-c2ccccc2C)[n+](C)c2ccccc21. The number of imidazole rings is 1. The summed E-state index contributed by atoms with van der Waals surface area (Å²) in [5, 5.41) is 1.77. The third kappa shape index (κ3) is 2.43. The third-order valence-corrected chi connectivity index (χ3v) is 5.40. The van der Waals surface area contributed by atoms with Crippen LogP contribution in [0.1, 0.15) is 15.2 Å². The summed E-state index contributed by atoms with van der Waals surface area (Å²) in [6.45, 7) is -0.188. The van der Waals surface area contributed by atoms with Gasteiger partial charge >= 0.3 is 0 Å². The molecule has 3 aromatic carbocycles. The van der Waals surface area contributed by atoms with Gasteiger partial charge in [-0.05, 0) is 66.7 Å². The first kappa shape index (κ1) is 13.7. The van der Waals surface area contributed by atoms with Gasteiger partial charge in [-0.2, -0.15) is 4.57 Å². The van der Waals surface area contributed by atoms with E-state index in [1.165, 1.54) is 0 Å². The van der Waals surface area contributed by atoms with Gasteiger partial charge in [-0.25, -0.2) is 4.57 Å². The molecule has 28 heavy (non-hydrogen) atoms. The Morgan fingerprint density at radius 2 is 1.75 bits per heavy atom. The minimum absolute atomic E-state index is 0.322. The average molecular weight is 367 g/mol. The van der Waals surface area contributed by atoms with Gasteiger partial charge in [0.05, 0.1) is 12.6 Å². The Bertz CT molecular complexity index is 1450. The van der Waals surface area contributed by atoms with E-state index in [-0.39, 0.29) is 0 Å². The van der Waals surface area contributed by atoms with Crippen LogP contribution in [0.25, 0.3) is 38.9 Å². The van der Waals surface area contributed by atoms with Crippen molar-refractivity contribution in [3.8, 4) is 17.1 Å². The highest BCUT2D eigenvalue weighted by Gasteiger charge is 2.27. The monoisotopic (exact) mass is 367 g/mol. The molecule has 0 atom stereocenters. The van der Waals surface area contributed by atoms with Crippen LogP contribution in [0.5, 0.6) is 0 Å². The van der Waals surface area contributed by atoms with Crippen molar-refractivity contribution < 1.29 is 8.68 Å². The highest BCUT2D eigenvalue weighted by Crippen LogP contribution is 2.31. The van der Waals surface area contributed by atoms with Gasteiger partial charge in [0.25, 0.3) is 5.82 Å². The molecule has 0 aliphatic rings. The molecule has 0 saturated carbocycles. The van der Waals surface area contributed by atoms with E-state index in [1.807, 2.05) is 49.5 Å². The van der Waals surface area contributed by atoms with Gasteiger partial charge < -0.3 is 0 Å². The molecule has 0 aliphatic carbocycles. The fraction of sp³-hybridized carbons (Fsp3) is 0.120. The van der Waals surface area contributed by atoms with E-state index in [4.69, 9.17) is 4.11 Å². The number of aryl methyl sites for hydroxylation is 3. The molecule has 5 rings (SSSR count). The molecule has 0 N–H and O–H groups in total. The predicted molar refractivity (Wildman–Crippen MR) is 115 cm³/mol. The maximum absolute atomic E-state index is 8.27. The number of fused-ring (bicyclic) bond motifs is 2. The summed E-state index contributed by atoms with van der Waals surface area (Å²) in [5.74, 6) is 0.938. The fourth-order valence-electron chi connectivity index (χ4n) is 3.99. The van der Waals surface area contributed by atoms with Crippen LogP contribution in [-0.2, 0) is 7.05 Å². The smallest absolute Gasteiger partial charge is 0.264 e. The standard InChI is InChI=1S/C25H22N3/c1-17-8-4-5-9-21(17)25-27(3)22-10-6-7-11-23(22)28(25)24-15-20-16-26-13-12-19(20)14-18(24)2/h4-16H,1-3H3/q+1/i2D3. The Balaban J connectivity index is 1.98. The van der Waals surface area contributed by atoms with Gasteiger partial charge in [0.1, 0.15) is 5.69 Å². The number of hydrogen-bond donors (Lipinski definition) is 0. The zero-order valence-corrected chi connectivity index (χ0v) is 15.8. The van der Waals surface area contributed by atoms with Crippen LogP contribution >= 0.6 is 0 Å². The molecule has 0 fully saturated rings. The molecule has 0 saturated heterocycles. The van der Waals surface area contributed by atoms with Crippen molar-refractivity contribution in [2.45, 2.75) is 13.8 Å². The van der Waals surface area contributed by atoms with Crippen molar-refractivity contribution in [1.82, 2.24) is 9.55 Å². The Kier molecular flexibility index (Phi) is 3.08. The van der Waals surface area contributed by atoms with Crippen molar-refractivity contribution in [1.29, 1.82) is 0 Å². The molecule has 136 valence electrons. The maximum Gasteiger partial charge on any atom is 0.295 e. The number of aromatic nitrogens is 3. The number of benzene rings is 3. The molecule has 3 heteroatoms. The first-order chi connectivity index (χ1) is 14.9. The van der Waals surface area contributed by atoms with Gasteiger partial charge in [0.15, 0.2) is 11.0 Å². The van der Waals surface area contributed by atoms with Crippen LogP contribution in [-0.4, -0.2) is 9.55 Å². The molecule has 0 bridgehead atoms. The topological polar surface area (TPSA) is 21.7 Å². The lowest BCUT2D eigenvalue weighted by atomic mass is 10.1. The molecule has 0 spiro atoms. The zero-order valence-electron chi connectivity index (χ0n) is 18.8. The maximum atomic E-state index is 8.27. The summed E-state index contributed by atoms with van der Waals surface area (Å²) >= 11 is 0. The van der Waals surface area contributed by atoms with Crippen LogP contribution in [0.15, 0.2) is 79.1 Å². The lowest BCUT2D eigenvalue weighted by molar-refractivity contribution is -0.633. The highest BCUT2D eigenvalue weighted by atomic mass is 15.2. The quantitative estimate of drug-likeness (QED) is 0.389. The summed E-state index contributed by atoms with van der Waals surface area (Å²) in [6, 6.07) is 21.8. The molecule has 0 amide bonds. The van der Waals surface area contributed by atoms with Crippen molar-refractivity contribution in [3.63, 3.8) is 0 Å². The third-order valence-electron chi connectivity index (χ3n) is 5.40. The summed E-state index contributed by atoms with van der Waals surface area (Å²) in [4.78, 5) is 4.25. The molecular weight excluding hydrogens is 342 g/mol. The minimum atomic E-state index is -2.26. The molecular formula is C25H22N3+. The largest absolute Gasteiger partial charge is 0.295 e. The van der Waals surface area contributed by atoms with Crippen LogP contribution < -0.4 is 4.57 Å². The second-order valence-corrected chi connectivity index (χ2v) is 7.11. The first-order valence-corrected chi connectivity index (χ1v) is 9.30. The second kappa shape index (κ2) is 6.31. The van der Waals surface area contributed by atoms with Crippen LogP contribution in [0.2, 0.25) is 0 Å². The molecule has 2 aromatic heterocycles. The Morgan fingerprint density at radius 3 is 2.61 bits per heavy atom. The lowest BCUT2D eigenvalue weighted by Crippen LogP contribution is -2.30. The Labute approximate surface area is 168 Å². The van der Waals surface area contributed by atoms with Gasteiger partial charge in [-0.1, -0.05) is 30.3 Å². The van der Waals surface area contributed by atoms with Crippen LogP contribution in [0.3, 0.4) is 0 Å². The van der Waals surface area contributed by atoms with E-state index in [2.05, 4.69) is 39.2 Å². The van der Waals surface area contributed by atoms with Gasteiger partial charge in [-0.3, -0.25) is 4.98 Å². The molecule has 2 heterocycles. The lowest BCUT2D eigenvalue weighted by Gasteiger charge is -2.09. The Morgan fingerprint density at radius 1 is 0.929 bits per heavy atom. The van der Waals surface area contributed by atoms with Crippen molar-refractivity contribution in [2.24, 2.45) is 7.05 Å². The number of hydrogen-bond acceptors (Lipinski definition) is 1. The molecule has 5 aromatic rings. The first-order valence-electron chi connectivity index (χ1n) is 10.8. The normalized spacial score (nSPS) is 13.4.